The molecule has 2 heterocycles. The molecule has 4 N–H and O–H groups in total. The molecule has 2 spiro atoms. The summed E-state index contributed by atoms with van der Waals surface area (Å²) in [4.78, 5) is 12.4. The van der Waals surface area contributed by atoms with Crippen LogP contribution in [0.2, 0.25) is 5.02 Å². The largest absolute Gasteiger partial charge is 0.366 e. The van der Waals surface area contributed by atoms with E-state index >= 15 is 0 Å². The smallest absolute Gasteiger partial charge is 0.243 e. The first-order valence-corrected chi connectivity index (χ1v) is 13.8. The van der Waals surface area contributed by atoms with Crippen molar-refractivity contribution >= 4 is 40.8 Å². The van der Waals surface area contributed by atoms with E-state index in [2.05, 4.69) is 55.3 Å². The van der Waals surface area contributed by atoms with Crippen molar-refractivity contribution in [2.24, 2.45) is 0 Å². The number of nitrogens with one attached hydrogen (secondary N) is 2. The third kappa shape index (κ3) is 5.34. The molecule has 8 heteroatoms. The van der Waals surface area contributed by atoms with E-state index in [-0.39, 0.29) is 16.6 Å². The molecule has 0 atom stereocenters. The van der Waals surface area contributed by atoms with Crippen LogP contribution in [0.4, 0.5) is 23.0 Å². The third-order valence-electron chi connectivity index (χ3n) is 7.81. The molecule has 2 aromatic carbocycles. The molecule has 198 valence electrons. The fourth-order valence-electron chi connectivity index (χ4n) is 5.39. The van der Waals surface area contributed by atoms with E-state index < -0.39 is 0 Å². The maximum absolute atomic E-state index is 8.25. The van der Waals surface area contributed by atoms with Gasteiger partial charge in [-0.05, 0) is 54.9 Å². The summed E-state index contributed by atoms with van der Waals surface area (Å²) in [5, 5.41) is 14.3. The van der Waals surface area contributed by atoms with E-state index in [1.54, 1.807) is 0 Å². The topological polar surface area (TPSA) is 90.7 Å². The van der Waals surface area contributed by atoms with Gasteiger partial charge < -0.3 is 15.5 Å². The first-order valence-electron chi connectivity index (χ1n) is 13.5. The summed E-state index contributed by atoms with van der Waals surface area (Å²) >= 11 is 6.49. The van der Waals surface area contributed by atoms with Gasteiger partial charge in [-0.2, -0.15) is 4.98 Å². The Morgan fingerprint density at radius 3 is 2.26 bits per heavy atom. The summed E-state index contributed by atoms with van der Waals surface area (Å²) in [5.41, 5.74) is 3.83. The maximum atomic E-state index is 8.25. The van der Waals surface area contributed by atoms with Gasteiger partial charge in [0, 0.05) is 31.1 Å². The third-order valence-corrected chi connectivity index (χ3v) is 8.16. The molecule has 1 saturated heterocycles. The standard InChI is InChI=1S/C30H35ClN6O/c1-28(2,3)20-8-10-21(11-9-20)33-26-22(16-32)27(34-24-7-5-4-6-23(24)31)36-25(35-26)17-37-18-29(12-13-29)38-30(19-37)14-15-30/h4-11,16,32H,12-15,17-19H2,1-3H3,(H2,33,34,35,36)/p+1. The van der Waals surface area contributed by atoms with Crippen LogP contribution >= 0.6 is 11.6 Å². The van der Waals surface area contributed by atoms with E-state index in [0.717, 1.165) is 56.0 Å². The Bertz CT molecular complexity index is 1340. The summed E-state index contributed by atoms with van der Waals surface area (Å²) in [6.45, 7) is 9.11. The van der Waals surface area contributed by atoms with Crippen LogP contribution < -0.4 is 10.6 Å². The monoisotopic (exact) mass is 531 g/mol. The summed E-state index contributed by atoms with van der Waals surface area (Å²) in [6.07, 6.45) is 5.89. The molecule has 2 saturated carbocycles. The zero-order chi connectivity index (χ0) is 26.5. The Balaban J connectivity index is 1.34. The number of hydrogen-bond acceptors (Lipinski definition) is 6. The van der Waals surface area contributed by atoms with Crippen LogP contribution in [-0.4, -0.2) is 45.4 Å². The highest BCUT2D eigenvalue weighted by molar-refractivity contribution is 6.32. The molecular weight excluding hydrogens is 496 g/mol. The van der Waals surface area contributed by atoms with Gasteiger partial charge in [-0.15, -0.1) is 0 Å². The highest BCUT2D eigenvalue weighted by Gasteiger charge is 2.59. The molecule has 7 nitrogen and oxygen atoms in total. The number of para-hydroxylation sites is 1. The Kier molecular flexibility index (Phi) is 6.30. The highest BCUT2D eigenvalue weighted by atomic mass is 35.5. The van der Waals surface area contributed by atoms with Gasteiger partial charge in [0.15, 0.2) is 11.5 Å². The van der Waals surface area contributed by atoms with Gasteiger partial charge in [0.25, 0.3) is 0 Å². The van der Waals surface area contributed by atoms with Gasteiger partial charge in [0.2, 0.25) is 5.82 Å². The number of anilines is 2. The number of quaternary nitrogens is 1. The summed E-state index contributed by atoms with van der Waals surface area (Å²) in [6, 6.07) is 16.1. The number of aromatic nitrogens is 2. The first-order chi connectivity index (χ1) is 18.2. The van der Waals surface area contributed by atoms with Crippen LogP contribution in [0.5, 0.6) is 0 Å². The number of ether oxygens (including phenoxy) is 1. The van der Waals surface area contributed by atoms with Gasteiger partial charge in [-0.3, -0.25) is 10.2 Å². The molecule has 0 unspecified atom stereocenters. The van der Waals surface area contributed by atoms with Crippen molar-refractivity contribution in [2.75, 3.05) is 18.4 Å². The predicted octanol–water partition coefficient (Wildman–Crippen LogP) is 5.59. The molecule has 2 aliphatic carbocycles. The lowest BCUT2D eigenvalue weighted by atomic mass is 9.87. The molecule has 0 amide bonds. The zero-order valence-corrected chi connectivity index (χ0v) is 23.1. The molecule has 6 rings (SSSR count). The van der Waals surface area contributed by atoms with Crippen molar-refractivity contribution in [3.05, 3.63) is 70.5 Å². The number of hydrogen-bond donors (Lipinski definition) is 3. The molecular formula is C30H36ClN6O+. The normalized spacial score (nSPS) is 19.5. The number of nitrogens with two attached hydrogens (primary N) is 1. The van der Waals surface area contributed by atoms with Crippen molar-refractivity contribution < 1.29 is 10.1 Å². The van der Waals surface area contributed by atoms with Crippen molar-refractivity contribution in [2.45, 2.75) is 69.6 Å². The minimum absolute atomic E-state index is 0.0338. The van der Waals surface area contributed by atoms with Crippen LogP contribution in [0.1, 0.15) is 63.4 Å². The number of morpholine rings is 1. The minimum atomic E-state index is 0.0338. The molecule has 1 aliphatic heterocycles. The molecule has 0 bridgehead atoms. The fourth-order valence-corrected chi connectivity index (χ4v) is 5.58. The number of halogens is 1. The Morgan fingerprint density at radius 2 is 1.68 bits per heavy atom. The first kappa shape index (κ1) is 25.4. The highest BCUT2D eigenvalue weighted by Crippen LogP contribution is 2.54. The summed E-state index contributed by atoms with van der Waals surface area (Å²) < 4.78 is 6.49. The average Bonchev–Trinajstić information content (AvgIpc) is 3.79. The molecule has 38 heavy (non-hydrogen) atoms. The van der Waals surface area contributed by atoms with Gasteiger partial charge in [-0.1, -0.05) is 56.6 Å². The van der Waals surface area contributed by atoms with E-state index in [1.165, 1.54) is 11.8 Å². The van der Waals surface area contributed by atoms with Crippen LogP contribution in [0.3, 0.4) is 0 Å². The van der Waals surface area contributed by atoms with E-state index in [1.807, 2.05) is 29.6 Å². The summed E-state index contributed by atoms with van der Waals surface area (Å²) in [7, 11) is 0. The van der Waals surface area contributed by atoms with Gasteiger partial charge >= 0.3 is 0 Å². The van der Waals surface area contributed by atoms with Crippen molar-refractivity contribution in [3.8, 4) is 0 Å². The lowest BCUT2D eigenvalue weighted by molar-refractivity contribution is -0.483. The van der Waals surface area contributed by atoms with Crippen LogP contribution in [-0.2, 0) is 16.7 Å². The van der Waals surface area contributed by atoms with E-state index in [0.29, 0.717) is 28.8 Å². The number of rotatable bonds is 7. The van der Waals surface area contributed by atoms with Crippen LogP contribution in [0.15, 0.2) is 48.5 Å². The van der Waals surface area contributed by atoms with E-state index in [4.69, 9.17) is 31.7 Å². The van der Waals surface area contributed by atoms with Crippen LogP contribution in [0.25, 0.3) is 0 Å². The number of nitrogens with zero attached hydrogens (tertiary/aromatic N) is 3. The van der Waals surface area contributed by atoms with Crippen molar-refractivity contribution in [1.82, 2.24) is 14.9 Å². The van der Waals surface area contributed by atoms with Crippen molar-refractivity contribution in [1.29, 1.82) is 5.41 Å². The molecule has 1 aromatic heterocycles. The second kappa shape index (κ2) is 9.42. The Labute approximate surface area is 229 Å². The fraction of sp³-hybridized carbons (Fsp3) is 0.433. The van der Waals surface area contributed by atoms with Gasteiger partial charge in [-0.25, -0.2) is 4.98 Å². The summed E-state index contributed by atoms with van der Waals surface area (Å²) in [5.74, 6) is 2.04. The predicted molar refractivity (Wildman–Crippen MR) is 151 cm³/mol. The van der Waals surface area contributed by atoms with Gasteiger partial charge in [0.1, 0.15) is 16.4 Å². The molecule has 3 fully saturated rings. The lowest BCUT2D eigenvalue weighted by Crippen LogP contribution is -2.72. The second-order valence-corrected chi connectivity index (χ2v) is 12.6. The SMILES string of the molecule is CC(C)(C)c1ccc(Nc2nc(CN3CC4(CC4)OC4(CC4)C3)nc([NH2+]c3ccccc3Cl)c2C=N)cc1. The maximum Gasteiger partial charge on any atom is 0.243 e. The average molecular weight is 532 g/mol. The Hall–Kier alpha value is -2.84. The quantitative estimate of drug-likeness (QED) is 0.273. The van der Waals surface area contributed by atoms with Gasteiger partial charge in [0.05, 0.1) is 17.7 Å². The van der Waals surface area contributed by atoms with Crippen LogP contribution in [0, 0.1) is 5.41 Å². The minimum Gasteiger partial charge on any atom is -0.366 e. The lowest BCUT2D eigenvalue weighted by Gasteiger charge is -2.38. The van der Waals surface area contributed by atoms with E-state index in [9.17, 15) is 0 Å². The molecule has 3 aliphatic rings. The van der Waals surface area contributed by atoms with Crippen molar-refractivity contribution in [3.63, 3.8) is 0 Å². The second-order valence-electron chi connectivity index (χ2n) is 12.2. The molecule has 3 aromatic rings. The Morgan fingerprint density at radius 1 is 1.03 bits per heavy atom. The number of benzene rings is 2. The molecule has 0 radical (unpaired) electrons. The zero-order valence-electron chi connectivity index (χ0n) is 22.4.